The Bertz CT molecular complexity index is 524. The number of hydrogen-bond acceptors (Lipinski definition) is 4. The third-order valence-electron chi connectivity index (χ3n) is 3.27. The average molecular weight is 244 g/mol. The Hall–Kier alpha value is -1.88. The Morgan fingerprint density at radius 2 is 2.39 bits per heavy atom. The largest absolute Gasteiger partial charge is 0.493 e. The highest BCUT2D eigenvalue weighted by atomic mass is 16.5. The van der Waals surface area contributed by atoms with Crippen molar-refractivity contribution >= 4 is 0 Å². The van der Waals surface area contributed by atoms with Gasteiger partial charge in [-0.25, -0.2) is 4.98 Å². The van der Waals surface area contributed by atoms with Crippen molar-refractivity contribution in [2.24, 2.45) is 0 Å². The van der Waals surface area contributed by atoms with Crippen LogP contribution < -0.4 is 10.1 Å². The second kappa shape index (κ2) is 4.78. The molecular weight excluding hydrogens is 228 g/mol. The van der Waals surface area contributed by atoms with Gasteiger partial charge in [-0.2, -0.15) is 5.10 Å². The van der Waals surface area contributed by atoms with Gasteiger partial charge >= 0.3 is 0 Å². The molecule has 0 amide bonds. The first kappa shape index (κ1) is 11.2. The van der Waals surface area contributed by atoms with Gasteiger partial charge in [-0.3, -0.25) is 5.10 Å². The highest BCUT2D eigenvalue weighted by Gasteiger charge is 2.22. The summed E-state index contributed by atoms with van der Waals surface area (Å²) in [5.74, 6) is 1.81. The molecule has 1 aliphatic heterocycles. The van der Waals surface area contributed by atoms with Crippen LogP contribution >= 0.6 is 0 Å². The van der Waals surface area contributed by atoms with Crippen LogP contribution in [0.1, 0.15) is 29.4 Å². The van der Waals surface area contributed by atoms with Gasteiger partial charge in [-0.15, -0.1) is 0 Å². The van der Waals surface area contributed by atoms with E-state index in [0.717, 1.165) is 36.6 Å². The molecule has 1 aromatic carbocycles. The fourth-order valence-corrected chi connectivity index (χ4v) is 2.44. The van der Waals surface area contributed by atoms with Crippen molar-refractivity contribution in [2.45, 2.75) is 18.9 Å². The van der Waals surface area contributed by atoms with E-state index < -0.39 is 0 Å². The van der Waals surface area contributed by atoms with E-state index >= 15 is 0 Å². The highest BCUT2D eigenvalue weighted by molar-refractivity contribution is 5.46. The van der Waals surface area contributed by atoms with Crippen LogP contribution in [-0.2, 0) is 6.42 Å². The zero-order chi connectivity index (χ0) is 12.4. The zero-order valence-electron chi connectivity index (χ0n) is 10.3. The number of nitrogens with one attached hydrogen (secondary N) is 2. The summed E-state index contributed by atoms with van der Waals surface area (Å²) in [6.07, 6.45) is 3.69. The molecule has 1 aromatic heterocycles. The quantitative estimate of drug-likeness (QED) is 0.857. The molecule has 2 aromatic rings. The summed E-state index contributed by atoms with van der Waals surface area (Å²) < 4.78 is 5.83. The lowest BCUT2D eigenvalue weighted by molar-refractivity contribution is 0.283. The van der Waals surface area contributed by atoms with Crippen LogP contribution in [0, 0.1) is 0 Å². The van der Waals surface area contributed by atoms with E-state index in [1.807, 2.05) is 7.05 Å². The molecule has 1 aliphatic rings. The number of aromatic nitrogens is 3. The summed E-state index contributed by atoms with van der Waals surface area (Å²) >= 11 is 0. The maximum Gasteiger partial charge on any atom is 0.146 e. The first-order chi connectivity index (χ1) is 8.90. The SMILES string of the molecule is CNC(c1ncn[nH]1)c1cccc2c1OCCC2. The standard InChI is InChI=1S/C13H16N4O/c1-14-11(13-15-8-16-17-13)10-6-2-4-9-5-3-7-18-12(9)10/h2,4,6,8,11,14H,3,5,7H2,1H3,(H,15,16,17). The van der Waals surface area contributed by atoms with Crippen LogP contribution in [0.2, 0.25) is 0 Å². The second-order valence-electron chi connectivity index (χ2n) is 4.38. The summed E-state index contributed by atoms with van der Waals surface area (Å²) in [6.45, 7) is 0.789. The second-order valence-corrected chi connectivity index (χ2v) is 4.38. The van der Waals surface area contributed by atoms with Crippen molar-refractivity contribution in [1.29, 1.82) is 0 Å². The van der Waals surface area contributed by atoms with Crippen molar-refractivity contribution < 1.29 is 4.74 Å². The molecule has 18 heavy (non-hydrogen) atoms. The topological polar surface area (TPSA) is 62.8 Å². The highest BCUT2D eigenvalue weighted by Crippen LogP contribution is 2.34. The van der Waals surface area contributed by atoms with E-state index in [9.17, 15) is 0 Å². The first-order valence-corrected chi connectivity index (χ1v) is 6.17. The number of H-pyrrole nitrogens is 1. The summed E-state index contributed by atoms with van der Waals surface area (Å²) in [7, 11) is 1.91. The Labute approximate surface area is 106 Å². The molecule has 1 atom stereocenters. The number of benzene rings is 1. The number of nitrogens with zero attached hydrogens (tertiary/aromatic N) is 2. The van der Waals surface area contributed by atoms with Crippen molar-refractivity contribution in [3.05, 3.63) is 41.5 Å². The van der Waals surface area contributed by atoms with Crippen LogP contribution in [0.4, 0.5) is 0 Å². The van der Waals surface area contributed by atoms with Gasteiger partial charge in [0.15, 0.2) is 0 Å². The monoisotopic (exact) mass is 244 g/mol. The Kier molecular flexibility index (Phi) is 2.98. The number of hydrogen-bond donors (Lipinski definition) is 2. The van der Waals surface area contributed by atoms with E-state index in [1.54, 1.807) is 0 Å². The third-order valence-corrected chi connectivity index (χ3v) is 3.27. The Morgan fingerprint density at radius 1 is 1.44 bits per heavy atom. The van der Waals surface area contributed by atoms with Gasteiger partial charge in [-0.1, -0.05) is 18.2 Å². The van der Waals surface area contributed by atoms with Crippen LogP contribution in [0.15, 0.2) is 24.5 Å². The van der Waals surface area contributed by atoms with E-state index in [0.29, 0.717) is 0 Å². The number of ether oxygens (including phenoxy) is 1. The number of aryl methyl sites for hydroxylation is 1. The van der Waals surface area contributed by atoms with Crippen LogP contribution in [0.5, 0.6) is 5.75 Å². The molecule has 0 bridgehead atoms. The minimum absolute atomic E-state index is 0.0134. The zero-order valence-corrected chi connectivity index (χ0v) is 10.3. The number of fused-ring (bicyclic) bond motifs is 1. The van der Waals surface area contributed by atoms with Gasteiger partial charge in [0, 0.05) is 5.56 Å². The Morgan fingerprint density at radius 3 is 3.17 bits per heavy atom. The molecular formula is C13H16N4O. The van der Waals surface area contributed by atoms with Gasteiger partial charge in [0.1, 0.15) is 17.9 Å². The summed E-state index contributed by atoms with van der Waals surface area (Å²) in [6, 6.07) is 6.27. The summed E-state index contributed by atoms with van der Waals surface area (Å²) in [4.78, 5) is 4.23. The predicted molar refractivity (Wildman–Crippen MR) is 67.5 cm³/mol. The van der Waals surface area contributed by atoms with Gasteiger partial charge in [0.05, 0.1) is 12.6 Å². The Balaban J connectivity index is 2.05. The maximum absolute atomic E-state index is 5.83. The fourth-order valence-electron chi connectivity index (χ4n) is 2.44. The lowest BCUT2D eigenvalue weighted by Crippen LogP contribution is -2.21. The molecule has 0 saturated carbocycles. The number of rotatable bonds is 3. The molecule has 0 spiro atoms. The van der Waals surface area contributed by atoms with E-state index in [1.165, 1.54) is 11.9 Å². The molecule has 2 N–H and O–H groups in total. The van der Waals surface area contributed by atoms with Gasteiger partial charge in [-0.05, 0) is 25.5 Å². The molecule has 5 heteroatoms. The van der Waals surface area contributed by atoms with Crippen LogP contribution in [-0.4, -0.2) is 28.8 Å². The smallest absolute Gasteiger partial charge is 0.146 e. The first-order valence-electron chi connectivity index (χ1n) is 6.17. The van der Waals surface area contributed by atoms with E-state index in [2.05, 4.69) is 38.7 Å². The van der Waals surface area contributed by atoms with Gasteiger partial charge in [0.25, 0.3) is 0 Å². The molecule has 94 valence electrons. The molecule has 3 rings (SSSR count). The van der Waals surface area contributed by atoms with E-state index in [4.69, 9.17) is 4.74 Å². The molecule has 5 nitrogen and oxygen atoms in total. The molecule has 1 unspecified atom stereocenters. The molecule has 0 radical (unpaired) electrons. The minimum Gasteiger partial charge on any atom is -0.493 e. The molecule has 2 heterocycles. The van der Waals surface area contributed by atoms with Gasteiger partial charge in [0.2, 0.25) is 0 Å². The molecule has 0 fully saturated rings. The number of aromatic amines is 1. The normalized spacial score (nSPS) is 15.8. The lowest BCUT2D eigenvalue weighted by Gasteiger charge is -2.23. The third kappa shape index (κ3) is 1.86. The maximum atomic E-state index is 5.83. The predicted octanol–water partition coefficient (Wildman–Crippen LogP) is 1.44. The van der Waals surface area contributed by atoms with Crippen molar-refractivity contribution in [2.75, 3.05) is 13.7 Å². The van der Waals surface area contributed by atoms with Crippen LogP contribution in [0.25, 0.3) is 0 Å². The lowest BCUT2D eigenvalue weighted by atomic mass is 9.97. The van der Waals surface area contributed by atoms with E-state index in [-0.39, 0.29) is 6.04 Å². The number of para-hydroxylation sites is 1. The van der Waals surface area contributed by atoms with Gasteiger partial charge < -0.3 is 10.1 Å². The summed E-state index contributed by atoms with van der Waals surface area (Å²) in [5.41, 5.74) is 2.39. The minimum atomic E-state index is -0.0134. The fraction of sp³-hybridized carbons (Fsp3) is 0.385. The molecule has 0 aliphatic carbocycles. The molecule has 0 saturated heterocycles. The van der Waals surface area contributed by atoms with Crippen molar-refractivity contribution in [1.82, 2.24) is 20.5 Å². The summed E-state index contributed by atoms with van der Waals surface area (Å²) in [5, 5.41) is 10.1. The van der Waals surface area contributed by atoms with Crippen molar-refractivity contribution in [3.8, 4) is 5.75 Å². The van der Waals surface area contributed by atoms with Crippen molar-refractivity contribution in [3.63, 3.8) is 0 Å². The van der Waals surface area contributed by atoms with Crippen LogP contribution in [0.3, 0.4) is 0 Å². The average Bonchev–Trinajstić information content (AvgIpc) is 2.94.